The number of nitrogens with zero attached hydrogens (tertiary/aromatic N) is 5. The Morgan fingerprint density at radius 1 is 1.21 bits per heavy atom. The molecule has 1 saturated carbocycles. The molecule has 0 unspecified atom stereocenters. The lowest BCUT2D eigenvalue weighted by Crippen LogP contribution is -2.49. The molecule has 2 aliphatic heterocycles. The third-order valence-electron chi connectivity index (χ3n) is 6.42. The third kappa shape index (κ3) is 3.19. The zero-order chi connectivity index (χ0) is 20.3. The van der Waals surface area contributed by atoms with Gasteiger partial charge in [0.1, 0.15) is 30.2 Å². The van der Waals surface area contributed by atoms with Gasteiger partial charge >= 0.3 is 0 Å². The number of rotatable bonds is 5. The van der Waals surface area contributed by atoms with E-state index in [2.05, 4.69) is 26.9 Å². The van der Waals surface area contributed by atoms with Crippen LogP contribution in [0.5, 0.6) is 0 Å². The van der Waals surface area contributed by atoms with Crippen LogP contribution in [0.2, 0.25) is 0 Å². The third-order valence-corrected chi connectivity index (χ3v) is 6.42. The molecule has 0 bridgehead atoms. The molecule has 0 aromatic carbocycles. The first kappa shape index (κ1) is 19.1. The normalized spacial score (nSPS) is 35.9. The Morgan fingerprint density at radius 2 is 1.97 bits per heavy atom. The fourth-order valence-electron chi connectivity index (χ4n) is 4.77. The molecule has 29 heavy (non-hydrogen) atoms. The average molecular weight is 403 g/mol. The van der Waals surface area contributed by atoms with Crippen molar-refractivity contribution < 1.29 is 14.2 Å². The van der Waals surface area contributed by atoms with Crippen molar-refractivity contribution in [3.8, 4) is 0 Å². The van der Waals surface area contributed by atoms with Crippen molar-refractivity contribution in [1.82, 2.24) is 24.4 Å². The lowest BCUT2D eigenvalue weighted by Gasteiger charge is -2.42. The summed E-state index contributed by atoms with van der Waals surface area (Å²) < 4.78 is 20.8. The maximum Gasteiger partial charge on any atom is 0.167 e. The van der Waals surface area contributed by atoms with Gasteiger partial charge in [0.25, 0.3) is 0 Å². The minimum Gasteiger partial charge on any atom is -0.382 e. The summed E-state index contributed by atoms with van der Waals surface area (Å²) in [5.41, 5.74) is 12.9. The van der Waals surface area contributed by atoms with Gasteiger partial charge in [-0.15, -0.1) is 0 Å². The van der Waals surface area contributed by atoms with Crippen LogP contribution in [-0.4, -0.2) is 74.7 Å². The molecule has 3 aliphatic rings. The molecule has 5 rings (SSSR count). The van der Waals surface area contributed by atoms with Gasteiger partial charge in [0.2, 0.25) is 0 Å². The SMILES string of the molecule is CN(C[C@H]1O[C@@H](n2cnc3c(N)ncnc32)[C@H]2OC(C)(C)O[C@@H]21)C1CC(CN)C1. The van der Waals surface area contributed by atoms with Crippen LogP contribution < -0.4 is 11.5 Å². The summed E-state index contributed by atoms with van der Waals surface area (Å²) in [4.78, 5) is 15.1. The second-order valence-corrected chi connectivity index (χ2v) is 8.88. The number of aromatic nitrogens is 4. The molecule has 0 amide bonds. The largest absolute Gasteiger partial charge is 0.382 e. The molecule has 10 nitrogen and oxygen atoms in total. The molecular formula is C19H29N7O3. The van der Waals surface area contributed by atoms with Crippen LogP contribution in [0.4, 0.5) is 5.82 Å². The number of hydrogen-bond acceptors (Lipinski definition) is 9. The van der Waals surface area contributed by atoms with E-state index in [4.69, 9.17) is 25.7 Å². The molecule has 2 aromatic rings. The van der Waals surface area contributed by atoms with Gasteiger partial charge in [0.05, 0.1) is 6.33 Å². The molecule has 158 valence electrons. The number of fused-ring (bicyclic) bond motifs is 2. The highest BCUT2D eigenvalue weighted by molar-refractivity contribution is 5.81. The van der Waals surface area contributed by atoms with E-state index in [1.807, 2.05) is 18.4 Å². The number of ether oxygens (including phenoxy) is 3. The molecular weight excluding hydrogens is 374 g/mol. The van der Waals surface area contributed by atoms with Crippen molar-refractivity contribution in [3.63, 3.8) is 0 Å². The molecule has 0 spiro atoms. The summed E-state index contributed by atoms with van der Waals surface area (Å²) in [6.07, 6.45) is 4.48. The molecule has 10 heteroatoms. The Labute approximate surface area is 169 Å². The van der Waals surface area contributed by atoms with Gasteiger partial charge in [0, 0.05) is 12.6 Å². The van der Waals surface area contributed by atoms with Crippen LogP contribution in [0.25, 0.3) is 11.2 Å². The Morgan fingerprint density at radius 3 is 2.72 bits per heavy atom. The van der Waals surface area contributed by atoms with Crippen LogP contribution in [0.3, 0.4) is 0 Å². The first-order valence-corrected chi connectivity index (χ1v) is 10.2. The van der Waals surface area contributed by atoms with Crippen LogP contribution in [0.1, 0.15) is 32.9 Å². The van der Waals surface area contributed by atoms with Gasteiger partial charge < -0.3 is 30.6 Å². The van der Waals surface area contributed by atoms with E-state index < -0.39 is 12.0 Å². The number of imidazole rings is 1. The molecule has 1 aliphatic carbocycles. The Hall–Kier alpha value is -1.85. The molecule has 3 fully saturated rings. The van der Waals surface area contributed by atoms with Crippen LogP contribution in [0.15, 0.2) is 12.7 Å². The number of likely N-dealkylation sites (N-methyl/N-ethyl adjacent to an activating group) is 1. The zero-order valence-electron chi connectivity index (χ0n) is 17.1. The first-order chi connectivity index (χ1) is 13.9. The van der Waals surface area contributed by atoms with Crippen LogP contribution >= 0.6 is 0 Å². The second kappa shape index (κ2) is 6.85. The predicted molar refractivity (Wildman–Crippen MR) is 106 cm³/mol. The lowest BCUT2D eigenvalue weighted by molar-refractivity contribution is -0.198. The van der Waals surface area contributed by atoms with E-state index in [1.165, 1.54) is 6.33 Å². The maximum atomic E-state index is 6.46. The Balaban J connectivity index is 1.39. The number of anilines is 1. The molecule has 2 aromatic heterocycles. The summed E-state index contributed by atoms with van der Waals surface area (Å²) in [7, 11) is 2.14. The quantitative estimate of drug-likeness (QED) is 0.733. The van der Waals surface area contributed by atoms with Crippen LogP contribution in [0, 0.1) is 5.92 Å². The highest BCUT2D eigenvalue weighted by Gasteiger charge is 2.56. The average Bonchev–Trinajstić information content (AvgIpc) is 3.27. The van der Waals surface area contributed by atoms with Crippen molar-refractivity contribution >= 4 is 17.0 Å². The number of hydrogen-bond donors (Lipinski definition) is 2. The van der Waals surface area contributed by atoms with E-state index in [0.717, 1.165) is 25.9 Å². The second-order valence-electron chi connectivity index (χ2n) is 8.88. The Bertz CT molecular complexity index is 897. The van der Waals surface area contributed by atoms with Gasteiger partial charge in [-0.25, -0.2) is 15.0 Å². The number of nitrogens with two attached hydrogens (primary N) is 2. The molecule has 2 saturated heterocycles. The maximum absolute atomic E-state index is 6.46. The molecule has 0 radical (unpaired) electrons. The highest BCUT2D eigenvalue weighted by atomic mass is 16.8. The van der Waals surface area contributed by atoms with Crippen molar-refractivity contribution in [2.24, 2.45) is 11.7 Å². The smallest absolute Gasteiger partial charge is 0.167 e. The summed E-state index contributed by atoms with van der Waals surface area (Å²) in [6.45, 7) is 5.41. The predicted octanol–water partition coefficient (Wildman–Crippen LogP) is 0.495. The standard InChI is InChI=1S/C19H29N7O3/c1-19(2)28-14-12(7-25(3)11-4-10(5-11)6-20)27-18(15(14)29-19)26-9-24-13-16(21)22-8-23-17(13)26/h8-12,14-15,18H,4-7,20H2,1-3H3,(H2,21,22,23)/t10?,11?,12-,14-,15+,18-/m1/s1. The van der Waals surface area contributed by atoms with E-state index in [-0.39, 0.29) is 18.3 Å². The van der Waals surface area contributed by atoms with Crippen molar-refractivity contribution in [3.05, 3.63) is 12.7 Å². The summed E-state index contributed by atoms with van der Waals surface area (Å²) in [5.74, 6) is 0.322. The number of nitrogen functional groups attached to an aromatic ring is 1. The van der Waals surface area contributed by atoms with Gasteiger partial charge in [0.15, 0.2) is 23.5 Å². The summed E-state index contributed by atoms with van der Waals surface area (Å²) in [5, 5.41) is 0. The molecule has 4 heterocycles. The topological polar surface area (TPSA) is 127 Å². The van der Waals surface area contributed by atoms with Crippen molar-refractivity contribution in [1.29, 1.82) is 0 Å². The van der Waals surface area contributed by atoms with E-state index in [1.54, 1.807) is 6.33 Å². The van der Waals surface area contributed by atoms with Gasteiger partial charge in [-0.2, -0.15) is 0 Å². The van der Waals surface area contributed by atoms with E-state index >= 15 is 0 Å². The van der Waals surface area contributed by atoms with Crippen molar-refractivity contribution in [2.75, 3.05) is 25.9 Å². The fraction of sp³-hybridized carbons (Fsp3) is 0.737. The van der Waals surface area contributed by atoms with Gasteiger partial charge in [-0.3, -0.25) is 4.57 Å². The van der Waals surface area contributed by atoms with Crippen LogP contribution in [-0.2, 0) is 14.2 Å². The summed E-state index contributed by atoms with van der Waals surface area (Å²) in [6, 6.07) is 0.543. The summed E-state index contributed by atoms with van der Waals surface area (Å²) >= 11 is 0. The minimum atomic E-state index is -0.667. The first-order valence-electron chi connectivity index (χ1n) is 10.2. The highest BCUT2D eigenvalue weighted by Crippen LogP contribution is 2.44. The monoisotopic (exact) mass is 403 g/mol. The zero-order valence-corrected chi connectivity index (χ0v) is 17.1. The fourth-order valence-corrected chi connectivity index (χ4v) is 4.77. The van der Waals surface area contributed by atoms with Gasteiger partial charge in [-0.1, -0.05) is 0 Å². The minimum absolute atomic E-state index is 0.120. The lowest BCUT2D eigenvalue weighted by atomic mass is 9.79. The van der Waals surface area contributed by atoms with Gasteiger partial charge in [-0.05, 0) is 46.2 Å². The molecule has 4 N–H and O–H groups in total. The molecule has 4 atom stereocenters. The Kier molecular flexibility index (Phi) is 4.52. The van der Waals surface area contributed by atoms with E-state index in [9.17, 15) is 0 Å². The van der Waals surface area contributed by atoms with E-state index in [0.29, 0.717) is 28.9 Å². The van der Waals surface area contributed by atoms with Crippen molar-refractivity contribution in [2.45, 2.75) is 63.1 Å².